The van der Waals surface area contributed by atoms with Crippen LogP contribution in [-0.4, -0.2) is 40.6 Å². The zero-order valence-electron chi connectivity index (χ0n) is 12.4. The van der Waals surface area contributed by atoms with Gasteiger partial charge >= 0.3 is 0 Å². The fraction of sp³-hybridized carbons (Fsp3) is 0.538. The third-order valence-electron chi connectivity index (χ3n) is 2.87. The Kier molecular flexibility index (Phi) is 4.89. The Hall–Kier alpha value is -1.96. The van der Waals surface area contributed by atoms with Crippen LogP contribution >= 0.6 is 11.3 Å². The third-order valence-corrected chi connectivity index (χ3v) is 3.90. The number of rotatable bonds is 6. The zero-order chi connectivity index (χ0) is 15.4. The molecular weight excluding hydrogens is 290 g/mol. The summed E-state index contributed by atoms with van der Waals surface area (Å²) >= 11 is 1.31. The molecule has 1 amide bonds. The van der Waals surface area contributed by atoms with Gasteiger partial charge in [0, 0.05) is 25.4 Å². The second-order valence-corrected chi connectivity index (χ2v) is 5.66. The molecule has 1 N–H and O–H groups in total. The summed E-state index contributed by atoms with van der Waals surface area (Å²) in [5, 5.41) is 7.56. The lowest BCUT2D eigenvalue weighted by atomic mass is 10.2. The molecule has 2 heterocycles. The van der Waals surface area contributed by atoms with Gasteiger partial charge in [0.1, 0.15) is 0 Å². The summed E-state index contributed by atoms with van der Waals surface area (Å²) in [5.74, 6) is -0.0776. The van der Waals surface area contributed by atoms with E-state index >= 15 is 0 Å². The number of fused-ring (bicyclic) bond motifs is 1. The second-order valence-electron chi connectivity index (χ2n) is 4.72. The van der Waals surface area contributed by atoms with Gasteiger partial charge in [-0.1, -0.05) is 24.7 Å². The summed E-state index contributed by atoms with van der Waals surface area (Å²) in [6.07, 6.45) is 1.71. The smallest absolute Gasteiger partial charge is 0.275 e. The Bertz CT molecular complexity index is 693. The van der Waals surface area contributed by atoms with Gasteiger partial charge in [-0.25, -0.2) is 4.98 Å². The lowest BCUT2D eigenvalue weighted by Crippen LogP contribution is -2.35. The summed E-state index contributed by atoms with van der Waals surface area (Å²) in [6.45, 7) is 4.70. The maximum absolute atomic E-state index is 12.0. The normalized spacial score (nSPS) is 10.8. The first kappa shape index (κ1) is 15.4. The number of likely N-dealkylation sites (N-methyl/N-ethyl adjacent to an activating group) is 2. The molecule has 114 valence electrons. The number of aromatic nitrogens is 3. The standard InChI is InChI=1S/C13H19N5O2S/c1-4-6-9-7-11(20)18-12(15-9)21-13(16-18)17(3)8-10(19)14-5-2/h7H,4-6,8H2,1-3H3,(H,14,19). The number of hydrogen-bond donors (Lipinski definition) is 1. The number of carbonyl (C=O) groups excluding carboxylic acids is 1. The van der Waals surface area contributed by atoms with Gasteiger partial charge in [0.25, 0.3) is 5.56 Å². The first-order valence-corrected chi connectivity index (χ1v) is 7.74. The summed E-state index contributed by atoms with van der Waals surface area (Å²) < 4.78 is 1.29. The van der Waals surface area contributed by atoms with Gasteiger partial charge in [0.2, 0.25) is 16.0 Å². The minimum atomic E-state index is -0.183. The van der Waals surface area contributed by atoms with Gasteiger partial charge in [-0.15, -0.1) is 5.10 Å². The van der Waals surface area contributed by atoms with Crippen LogP contribution in [0.1, 0.15) is 26.0 Å². The molecule has 21 heavy (non-hydrogen) atoms. The van der Waals surface area contributed by atoms with Gasteiger partial charge in [-0.2, -0.15) is 4.52 Å². The Morgan fingerprint density at radius 3 is 2.90 bits per heavy atom. The fourth-order valence-electron chi connectivity index (χ4n) is 1.92. The van der Waals surface area contributed by atoms with Crippen LogP contribution in [0.4, 0.5) is 5.13 Å². The number of nitrogens with one attached hydrogen (secondary N) is 1. The molecule has 0 saturated carbocycles. The van der Waals surface area contributed by atoms with Crippen LogP contribution in [0.2, 0.25) is 0 Å². The zero-order valence-corrected chi connectivity index (χ0v) is 13.2. The molecule has 2 rings (SSSR count). The van der Waals surface area contributed by atoms with Crippen molar-refractivity contribution in [2.45, 2.75) is 26.7 Å². The van der Waals surface area contributed by atoms with Crippen LogP contribution in [-0.2, 0) is 11.2 Å². The SMILES string of the molecule is CCCc1cc(=O)n2nc(N(C)CC(=O)NCC)sc2n1. The van der Waals surface area contributed by atoms with Crippen LogP contribution in [0.5, 0.6) is 0 Å². The Labute approximate surface area is 126 Å². The third kappa shape index (κ3) is 3.57. The molecule has 0 radical (unpaired) electrons. The highest BCUT2D eigenvalue weighted by Crippen LogP contribution is 2.20. The highest BCUT2D eigenvalue weighted by Gasteiger charge is 2.14. The molecule has 0 aliphatic heterocycles. The number of amides is 1. The molecule has 0 unspecified atom stereocenters. The molecule has 7 nitrogen and oxygen atoms in total. The van der Waals surface area contributed by atoms with Crippen molar-refractivity contribution < 1.29 is 4.79 Å². The fourth-order valence-corrected chi connectivity index (χ4v) is 2.81. The highest BCUT2D eigenvalue weighted by atomic mass is 32.1. The van der Waals surface area contributed by atoms with Crippen LogP contribution in [0.25, 0.3) is 4.96 Å². The maximum Gasteiger partial charge on any atom is 0.275 e. The van der Waals surface area contributed by atoms with Crippen LogP contribution in [0.3, 0.4) is 0 Å². The molecule has 0 aliphatic rings. The van der Waals surface area contributed by atoms with Crippen LogP contribution in [0.15, 0.2) is 10.9 Å². The first-order valence-electron chi connectivity index (χ1n) is 6.92. The Morgan fingerprint density at radius 1 is 1.48 bits per heavy atom. The molecule has 0 aromatic carbocycles. The van der Waals surface area contributed by atoms with Gasteiger partial charge < -0.3 is 10.2 Å². The quantitative estimate of drug-likeness (QED) is 0.848. The van der Waals surface area contributed by atoms with Gasteiger partial charge in [-0.3, -0.25) is 9.59 Å². The molecule has 0 saturated heterocycles. The van der Waals surface area contributed by atoms with Crippen molar-refractivity contribution in [3.8, 4) is 0 Å². The van der Waals surface area contributed by atoms with E-state index in [9.17, 15) is 9.59 Å². The van der Waals surface area contributed by atoms with E-state index in [0.717, 1.165) is 18.5 Å². The summed E-state index contributed by atoms with van der Waals surface area (Å²) in [4.78, 5) is 30.3. The number of hydrogen-bond acceptors (Lipinski definition) is 6. The minimum absolute atomic E-state index is 0.0776. The predicted molar refractivity (Wildman–Crippen MR) is 83.1 cm³/mol. The molecule has 2 aromatic rings. The van der Waals surface area contributed by atoms with Crippen molar-refractivity contribution in [2.24, 2.45) is 0 Å². The number of nitrogens with zero attached hydrogens (tertiary/aromatic N) is 4. The molecule has 0 spiro atoms. The van der Waals surface area contributed by atoms with E-state index in [1.165, 1.54) is 21.9 Å². The molecule has 8 heteroatoms. The molecule has 0 bridgehead atoms. The van der Waals surface area contributed by atoms with Crippen molar-refractivity contribution in [3.63, 3.8) is 0 Å². The van der Waals surface area contributed by atoms with E-state index in [1.807, 2.05) is 13.8 Å². The van der Waals surface area contributed by atoms with E-state index in [4.69, 9.17) is 0 Å². The largest absolute Gasteiger partial charge is 0.355 e. The molecule has 0 aliphatic carbocycles. The summed E-state index contributed by atoms with van der Waals surface area (Å²) in [7, 11) is 1.77. The minimum Gasteiger partial charge on any atom is -0.355 e. The van der Waals surface area contributed by atoms with Crippen molar-refractivity contribution in [1.82, 2.24) is 19.9 Å². The van der Waals surface area contributed by atoms with Crippen LogP contribution in [0, 0.1) is 0 Å². The highest BCUT2D eigenvalue weighted by molar-refractivity contribution is 7.20. The van der Waals surface area contributed by atoms with Gasteiger partial charge in [0.05, 0.1) is 6.54 Å². The Morgan fingerprint density at radius 2 is 2.24 bits per heavy atom. The lowest BCUT2D eigenvalue weighted by Gasteiger charge is -2.13. The van der Waals surface area contributed by atoms with E-state index in [2.05, 4.69) is 15.4 Å². The van der Waals surface area contributed by atoms with Gasteiger partial charge in [-0.05, 0) is 13.3 Å². The van der Waals surface area contributed by atoms with Crippen molar-refractivity contribution in [1.29, 1.82) is 0 Å². The van der Waals surface area contributed by atoms with Gasteiger partial charge in [0.15, 0.2) is 0 Å². The molecule has 2 aromatic heterocycles. The number of anilines is 1. The number of carbonyl (C=O) groups is 1. The second kappa shape index (κ2) is 6.66. The monoisotopic (exact) mass is 309 g/mol. The Balaban J connectivity index is 2.27. The van der Waals surface area contributed by atoms with E-state index in [1.54, 1.807) is 11.9 Å². The van der Waals surface area contributed by atoms with Crippen LogP contribution < -0.4 is 15.8 Å². The lowest BCUT2D eigenvalue weighted by molar-refractivity contribution is -0.119. The topological polar surface area (TPSA) is 79.6 Å². The molecule has 0 fully saturated rings. The number of aryl methyl sites for hydroxylation is 1. The van der Waals surface area contributed by atoms with E-state index in [-0.39, 0.29) is 18.0 Å². The van der Waals surface area contributed by atoms with E-state index < -0.39 is 0 Å². The van der Waals surface area contributed by atoms with Crippen molar-refractivity contribution in [3.05, 3.63) is 22.1 Å². The summed E-state index contributed by atoms with van der Waals surface area (Å²) in [6, 6.07) is 1.52. The molecule has 0 atom stereocenters. The van der Waals surface area contributed by atoms with E-state index in [0.29, 0.717) is 16.6 Å². The average molecular weight is 309 g/mol. The summed E-state index contributed by atoms with van der Waals surface area (Å²) in [5.41, 5.74) is 0.599. The average Bonchev–Trinajstić information content (AvgIpc) is 2.84. The maximum atomic E-state index is 12.0. The predicted octanol–water partition coefficient (Wildman–Crippen LogP) is 0.676. The van der Waals surface area contributed by atoms with Crippen molar-refractivity contribution >= 4 is 27.3 Å². The first-order chi connectivity index (χ1) is 10.0. The van der Waals surface area contributed by atoms with Crippen molar-refractivity contribution in [2.75, 3.05) is 25.0 Å². The molecular formula is C13H19N5O2S.